The van der Waals surface area contributed by atoms with Crippen molar-refractivity contribution in [1.82, 2.24) is 0 Å². The van der Waals surface area contributed by atoms with Gasteiger partial charge in [-0.2, -0.15) is 0 Å². The zero-order valence-electron chi connectivity index (χ0n) is 16.2. The number of carbonyl (C=O) groups is 2. The Balaban J connectivity index is 2.24. The predicted molar refractivity (Wildman–Crippen MR) is 107 cm³/mol. The van der Waals surface area contributed by atoms with Crippen LogP contribution >= 0.6 is 0 Å². The molecule has 2 aromatic carbocycles. The molecule has 0 saturated heterocycles. The summed E-state index contributed by atoms with van der Waals surface area (Å²) in [5.41, 5.74) is 2.47. The van der Waals surface area contributed by atoms with Crippen LogP contribution in [0.5, 0.6) is 11.5 Å². The van der Waals surface area contributed by atoms with Crippen molar-refractivity contribution < 1.29 is 19.1 Å². The topological polar surface area (TPSA) is 76.7 Å². The highest BCUT2D eigenvalue weighted by atomic mass is 16.5. The van der Waals surface area contributed by atoms with Gasteiger partial charge < -0.3 is 20.1 Å². The van der Waals surface area contributed by atoms with Crippen LogP contribution in [0.2, 0.25) is 0 Å². The highest BCUT2D eigenvalue weighted by Crippen LogP contribution is 2.30. The van der Waals surface area contributed by atoms with Crippen LogP contribution < -0.4 is 20.1 Å². The van der Waals surface area contributed by atoms with E-state index < -0.39 is 0 Å². The largest absolute Gasteiger partial charge is 0.497 e. The number of amides is 2. The number of hydrogen-bond donors (Lipinski definition) is 2. The Hall–Kier alpha value is -3.02. The van der Waals surface area contributed by atoms with Crippen molar-refractivity contribution in [2.24, 2.45) is 0 Å². The third-order valence-corrected chi connectivity index (χ3v) is 4.00. The van der Waals surface area contributed by atoms with Gasteiger partial charge >= 0.3 is 0 Å². The zero-order chi connectivity index (χ0) is 19.8. The highest BCUT2D eigenvalue weighted by Gasteiger charge is 2.13. The molecule has 0 heterocycles. The smallest absolute Gasteiger partial charge is 0.255 e. The van der Waals surface area contributed by atoms with E-state index in [1.54, 1.807) is 43.5 Å². The maximum atomic E-state index is 12.7. The minimum absolute atomic E-state index is 0.185. The van der Waals surface area contributed by atoms with Gasteiger partial charge in [0.05, 0.1) is 19.4 Å². The lowest BCUT2D eigenvalue weighted by molar-refractivity contribution is -0.114. The van der Waals surface area contributed by atoms with E-state index in [-0.39, 0.29) is 11.8 Å². The molecule has 144 valence electrons. The molecule has 0 aliphatic carbocycles. The molecule has 0 aliphatic rings. The fraction of sp³-hybridized carbons (Fsp3) is 0.333. The molecule has 0 bridgehead atoms. The van der Waals surface area contributed by atoms with Crippen molar-refractivity contribution in [3.05, 3.63) is 47.5 Å². The first kappa shape index (κ1) is 20.3. The minimum atomic E-state index is -0.296. The molecule has 6 nitrogen and oxygen atoms in total. The molecule has 2 N–H and O–H groups in total. The van der Waals surface area contributed by atoms with Gasteiger partial charge in [0.2, 0.25) is 5.91 Å². The van der Waals surface area contributed by atoms with Gasteiger partial charge in [-0.25, -0.2) is 0 Å². The molecule has 0 fully saturated rings. The molecule has 0 aliphatic heterocycles. The Morgan fingerprint density at radius 1 is 1.04 bits per heavy atom. The van der Waals surface area contributed by atoms with E-state index in [1.165, 1.54) is 6.92 Å². The van der Waals surface area contributed by atoms with Crippen LogP contribution in [0, 0.1) is 6.92 Å². The van der Waals surface area contributed by atoms with Crippen LogP contribution in [-0.4, -0.2) is 25.5 Å². The first-order valence-corrected chi connectivity index (χ1v) is 8.95. The molecule has 0 radical (unpaired) electrons. The van der Waals surface area contributed by atoms with Crippen LogP contribution in [0.3, 0.4) is 0 Å². The van der Waals surface area contributed by atoms with E-state index in [9.17, 15) is 9.59 Å². The van der Waals surface area contributed by atoms with Crippen molar-refractivity contribution >= 4 is 23.2 Å². The normalized spacial score (nSPS) is 10.2. The van der Waals surface area contributed by atoms with Gasteiger partial charge in [0.15, 0.2) is 0 Å². The molecule has 0 aromatic heterocycles. The van der Waals surface area contributed by atoms with Gasteiger partial charge in [0, 0.05) is 24.2 Å². The van der Waals surface area contributed by atoms with Crippen LogP contribution in [-0.2, 0) is 4.79 Å². The van der Waals surface area contributed by atoms with Crippen LogP contribution in [0.4, 0.5) is 11.4 Å². The number of anilines is 2. The average molecular weight is 370 g/mol. The highest BCUT2D eigenvalue weighted by molar-refractivity contribution is 6.06. The molecule has 0 spiro atoms. The van der Waals surface area contributed by atoms with E-state index in [1.807, 2.05) is 6.92 Å². The van der Waals surface area contributed by atoms with Gasteiger partial charge in [0.25, 0.3) is 5.91 Å². The van der Waals surface area contributed by atoms with Crippen molar-refractivity contribution in [2.75, 3.05) is 24.4 Å². The quantitative estimate of drug-likeness (QED) is 0.676. The minimum Gasteiger partial charge on any atom is -0.497 e. The molecule has 2 aromatic rings. The van der Waals surface area contributed by atoms with E-state index in [2.05, 4.69) is 17.6 Å². The first-order chi connectivity index (χ1) is 12.9. The van der Waals surface area contributed by atoms with E-state index in [0.717, 1.165) is 18.4 Å². The lowest BCUT2D eigenvalue weighted by atomic mass is 10.1. The predicted octanol–water partition coefficient (Wildman–Crippen LogP) is 4.39. The SMILES string of the molecule is CCCCOc1ccc(OC)cc1NC(=O)c1ccc(C)c(NC(C)=O)c1. The van der Waals surface area contributed by atoms with Gasteiger partial charge in [0.1, 0.15) is 11.5 Å². The molecule has 2 rings (SSSR count). The number of unbranched alkanes of at least 4 members (excludes halogenated alkanes) is 1. The first-order valence-electron chi connectivity index (χ1n) is 8.95. The zero-order valence-corrected chi connectivity index (χ0v) is 16.2. The summed E-state index contributed by atoms with van der Waals surface area (Å²) in [5.74, 6) is 0.730. The number of hydrogen-bond acceptors (Lipinski definition) is 4. The molecular formula is C21H26N2O4. The Kier molecular flexibility index (Phi) is 7.23. The van der Waals surface area contributed by atoms with Crippen LogP contribution in [0.15, 0.2) is 36.4 Å². The fourth-order valence-electron chi connectivity index (χ4n) is 2.47. The lowest BCUT2D eigenvalue weighted by Gasteiger charge is -2.14. The maximum Gasteiger partial charge on any atom is 0.255 e. The standard InChI is InChI=1S/C21H26N2O4/c1-5-6-11-27-20-10-9-17(26-4)13-19(20)23-21(25)16-8-7-14(2)18(12-16)22-15(3)24/h7-10,12-13H,5-6,11H2,1-4H3,(H,22,24)(H,23,25). The van der Waals surface area contributed by atoms with Gasteiger partial charge in [-0.3, -0.25) is 9.59 Å². The molecular weight excluding hydrogens is 344 g/mol. The van der Waals surface area contributed by atoms with Crippen molar-refractivity contribution in [1.29, 1.82) is 0 Å². The van der Waals surface area contributed by atoms with E-state index in [0.29, 0.717) is 35.0 Å². The van der Waals surface area contributed by atoms with E-state index >= 15 is 0 Å². The molecule has 2 amide bonds. The number of aryl methyl sites for hydroxylation is 1. The number of nitrogens with one attached hydrogen (secondary N) is 2. The van der Waals surface area contributed by atoms with Crippen molar-refractivity contribution in [3.63, 3.8) is 0 Å². The summed E-state index contributed by atoms with van der Waals surface area (Å²) in [6.45, 7) is 5.96. The second-order valence-electron chi connectivity index (χ2n) is 6.23. The Morgan fingerprint density at radius 2 is 1.81 bits per heavy atom. The molecule has 6 heteroatoms. The average Bonchev–Trinajstić information content (AvgIpc) is 2.64. The third kappa shape index (κ3) is 5.74. The van der Waals surface area contributed by atoms with Crippen molar-refractivity contribution in [3.8, 4) is 11.5 Å². The summed E-state index contributed by atoms with van der Waals surface area (Å²) >= 11 is 0. The monoisotopic (exact) mass is 370 g/mol. The Labute approximate surface area is 159 Å². The Bertz CT molecular complexity index is 818. The summed E-state index contributed by atoms with van der Waals surface area (Å²) < 4.78 is 11.0. The summed E-state index contributed by atoms with van der Waals surface area (Å²) in [4.78, 5) is 24.1. The van der Waals surface area contributed by atoms with Gasteiger partial charge in [-0.05, 0) is 43.2 Å². The lowest BCUT2D eigenvalue weighted by Crippen LogP contribution is -2.15. The third-order valence-electron chi connectivity index (χ3n) is 4.00. The van der Waals surface area contributed by atoms with E-state index in [4.69, 9.17) is 9.47 Å². The summed E-state index contributed by atoms with van der Waals surface area (Å²) in [6, 6.07) is 10.5. The summed E-state index contributed by atoms with van der Waals surface area (Å²) in [6.07, 6.45) is 1.95. The molecule has 0 saturated carbocycles. The number of benzene rings is 2. The summed E-state index contributed by atoms with van der Waals surface area (Å²) in [7, 11) is 1.57. The molecule has 0 atom stereocenters. The second-order valence-corrected chi connectivity index (χ2v) is 6.23. The number of ether oxygens (including phenoxy) is 2. The Morgan fingerprint density at radius 3 is 2.48 bits per heavy atom. The second kappa shape index (κ2) is 9.62. The fourth-order valence-corrected chi connectivity index (χ4v) is 2.47. The van der Waals surface area contributed by atoms with Gasteiger partial charge in [-0.1, -0.05) is 19.4 Å². The molecule has 0 unspecified atom stereocenters. The van der Waals surface area contributed by atoms with Crippen LogP contribution in [0.25, 0.3) is 0 Å². The number of rotatable bonds is 8. The number of carbonyl (C=O) groups excluding carboxylic acids is 2. The molecule has 27 heavy (non-hydrogen) atoms. The van der Waals surface area contributed by atoms with Crippen LogP contribution in [0.1, 0.15) is 42.6 Å². The summed E-state index contributed by atoms with van der Waals surface area (Å²) in [5, 5.41) is 5.60. The maximum absolute atomic E-state index is 12.7. The van der Waals surface area contributed by atoms with Crippen molar-refractivity contribution in [2.45, 2.75) is 33.6 Å². The number of methoxy groups -OCH3 is 1. The van der Waals surface area contributed by atoms with Gasteiger partial charge in [-0.15, -0.1) is 0 Å².